The zero-order chi connectivity index (χ0) is 84.1. The normalized spacial score (nSPS) is 14.6. The first-order chi connectivity index (χ1) is 48.8. The Labute approximate surface area is 642 Å². The highest BCUT2D eigenvalue weighted by atomic mass is 35.5. The van der Waals surface area contributed by atoms with Crippen LogP contribution < -0.4 is 26.0 Å². The average Bonchev–Trinajstić information content (AvgIpc) is 0.823. The molecular weight excluding hydrogens is 1460 g/mol. The second-order valence-electron chi connectivity index (χ2n) is 32.4. The number of ether oxygens (including phenoxy) is 7. The molecule has 2 fully saturated rings. The SMILES string of the molecule is CC(C)(C)OC(=O)N1CC(C(=O)O)C1.CC(C)(C)OC(=O)N1CCCC(C(=O)O)C1.CC(C)(C)OC(=O)NC(C)(C)C(=O)O.CC(C)(C)OC(=O)N[C@@H](Cc1ccc(Cl)cc1)C(=O)O.CC(C)(C)OC(=O)N[C@@H](Cc1ccc(OC(C)(C)C)cc1)C(=O)O.CC(C)(C)OC(=O)N[C@H](Cc1ccc(Cl)cc1)C(=O)O. The number of amides is 6. The van der Waals surface area contributed by atoms with Crippen molar-refractivity contribution in [2.45, 2.75) is 254 Å². The van der Waals surface area contributed by atoms with Gasteiger partial charge in [0.2, 0.25) is 0 Å². The standard InChI is InChI=1S/C18H27NO5.2C14H18ClNO4.C11H19NO4.C9H15NO4.C9H17NO4/c1-17(2,3)23-13-9-7-12(8-10-13)11-14(15(20)21)19-16(22)24-18(4,5)6;2*1-14(2,3)20-13(19)16-11(12(17)18)8-9-4-6-10(15)7-5-9;1-11(2,3)16-10(15)12-6-4-5-8(7-12)9(13)14;1-9(2,3)14-8(13)10-4-6(5-10)7(11)12;1-8(2,3)14-7(13)10-9(4,5)6(11)12/h7-10,14H,11H2,1-6H3,(H,19,22)(H,20,21);2*4-7,11H,8H2,1-3H3,(H,16,19)(H,17,18);8H,4-7H2,1-3H3,(H,13,14);6H,4-5H2,1-3H3,(H,11,12);1-5H3,(H,10,13)(H,11,12)/t14-;2*11-;;;/m010.../s1. The maximum Gasteiger partial charge on any atom is 0.410 e. The van der Waals surface area contributed by atoms with Crippen molar-refractivity contribution >= 4 is 95.6 Å². The van der Waals surface area contributed by atoms with Crippen LogP contribution in [0.4, 0.5) is 28.8 Å². The smallest absolute Gasteiger partial charge is 0.410 e. The van der Waals surface area contributed by atoms with E-state index in [1.807, 2.05) is 20.8 Å². The number of carboxylic acid groups (broad SMARTS) is 6. The lowest BCUT2D eigenvalue weighted by molar-refractivity contribution is -0.147. The maximum absolute atomic E-state index is 11.8. The van der Waals surface area contributed by atoms with Crippen LogP contribution in [0, 0.1) is 11.8 Å². The summed E-state index contributed by atoms with van der Waals surface area (Å²) in [6.45, 7) is 41.2. The number of rotatable bonds is 17. The van der Waals surface area contributed by atoms with Crippen molar-refractivity contribution in [1.29, 1.82) is 0 Å². The van der Waals surface area contributed by atoms with Gasteiger partial charge in [0, 0.05) is 55.5 Å². The molecule has 33 heteroatoms. The molecule has 10 N–H and O–H groups in total. The van der Waals surface area contributed by atoms with Gasteiger partial charge in [0.05, 0.1) is 11.8 Å². The summed E-state index contributed by atoms with van der Waals surface area (Å²) >= 11 is 11.5. The van der Waals surface area contributed by atoms with Crippen molar-refractivity contribution in [2.24, 2.45) is 11.8 Å². The first kappa shape index (κ1) is 98.5. The third-order valence-corrected chi connectivity index (χ3v) is 13.6. The number of carbonyl (C=O) groups is 12. The number of nitrogens with zero attached hydrogens (tertiary/aromatic N) is 2. The van der Waals surface area contributed by atoms with Crippen LogP contribution in [-0.4, -0.2) is 202 Å². The second kappa shape index (κ2) is 42.9. The summed E-state index contributed by atoms with van der Waals surface area (Å²) in [6, 6.07) is 17.5. The monoisotopic (exact) mass is 1570 g/mol. The lowest BCUT2D eigenvalue weighted by Crippen LogP contribution is -2.54. The highest BCUT2D eigenvalue weighted by Crippen LogP contribution is 2.24. The third-order valence-electron chi connectivity index (χ3n) is 13.1. The minimum Gasteiger partial charge on any atom is -0.488 e. The van der Waals surface area contributed by atoms with Gasteiger partial charge in [-0.15, -0.1) is 0 Å². The van der Waals surface area contributed by atoms with E-state index in [4.69, 9.17) is 81.9 Å². The highest BCUT2D eigenvalue weighted by Gasteiger charge is 2.38. The predicted molar refractivity (Wildman–Crippen MR) is 401 cm³/mol. The Bertz CT molecular complexity index is 3350. The Morgan fingerprint density at radius 2 is 0.667 bits per heavy atom. The molecule has 0 spiro atoms. The lowest BCUT2D eigenvalue weighted by Gasteiger charge is -2.37. The van der Waals surface area contributed by atoms with Crippen molar-refractivity contribution in [3.8, 4) is 5.75 Å². The number of alkyl carbamates (subject to hydrolysis) is 4. The van der Waals surface area contributed by atoms with E-state index in [-0.39, 0.29) is 44.5 Å². The topological polar surface area (TPSA) is 445 Å². The van der Waals surface area contributed by atoms with Crippen LogP contribution in [-0.2, 0) is 76.5 Å². The van der Waals surface area contributed by atoms with E-state index in [0.717, 1.165) is 23.1 Å². The molecule has 108 heavy (non-hydrogen) atoms. The minimum atomic E-state index is -1.32. The van der Waals surface area contributed by atoms with Crippen molar-refractivity contribution in [2.75, 3.05) is 26.2 Å². The zero-order valence-electron chi connectivity index (χ0n) is 66.3. The van der Waals surface area contributed by atoms with Gasteiger partial charge < -0.3 is 94.9 Å². The molecule has 2 aliphatic rings. The fraction of sp³-hybridized carbons (Fsp3) is 0.600. The van der Waals surface area contributed by atoms with Gasteiger partial charge in [-0.1, -0.05) is 59.6 Å². The van der Waals surface area contributed by atoms with Gasteiger partial charge >= 0.3 is 72.4 Å². The number of hydrogen-bond donors (Lipinski definition) is 10. The zero-order valence-corrected chi connectivity index (χ0v) is 67.8. The van der Waals surface area contributed by atoms with Gasteiger partial charge in [-0.05, 0) is 225 Å². The van der Waals surface area contributed by atoms with E-state index in [1.54, 1.807) is 197 Å². The summed E-state index contributed by atoms with van der Waals surface area (Å²) in [7, 11) is 0. The summed E-state index contributed by atoms with van der Waals surface area (Å²) in [5, 5.41) is 64.2. The van der Waals surface area contributed by atoms with E-state index in [1.165, 1.54) is 23.6 Å². The van der Waals surface area contributed by atoms with E-state index in [0.29, 0.717) is 28.8 Å². The molecule has 31 nitrogen and oxygen atoms in total. The molecule has 0 aliphatic carbocycles. The molecule has 3 aromatic carbocycles. The average molecular weight is 1570 g/mol. The lowest BCUT2D eigenvalue weighted by atomic mass is 9.99. The Balaban J connectivity index is 0.00000129. The van der Waals surface area contributed by atoms with Crippen LogP contribution in [0.1, 0.15) is 189 Å². The van der Waals surface area contributed by atoms with Crippen LogP contribution in [0.2, 0.25) is 10.0 Å². The van der Waals surface area contributed by atoms with Crippen molar-refractivity contribution in [3.05, 3.63) is 99.5 Å². The summed E-state index contributed by atoms with van der Waals surface area (Å²) in [5.41, 5.74) is -3.03. The quantitative estimate of drug-likeness (QED) is 0.0561. The first-order valence-electron chi connectivity index (χ1n) is 34.4. The van der Waals surface area contributed by atoms with Gasteiger partial charge in [-0.2, -0.15) is 0 Å². The molecule has 0 aromatic heterocycles. The van der Waals surface area contributed by atoms with E-state index >= 15 is 0 Å². The Morgan fingerprint density at radius 3 is 0.935 bits per heavy atom. The van der Waals surface area contributed by atoms with Gasteiger partial charge in [-0.25, -0.2) is 47.9 Å². The van der Waals surface area contributed by atoms with E-state index < -0.39 is 141 Å². The van der Waals surface area contributed by atoms with Crippen LogP contribution in [0.15, 0.2) is 72.8 Å². The molecule has 2 aliphatic heterocycles. The van der Waals surface area contributed by atoms with Crippen LogP contribution >= 0.6 is 23.2 Å². The summed E-state index contributed by atoms with van der Waals surface area (Å²) in [6.07, 6.45) is -2.01. The van der Waals surface area contributed by atoms with E-state index in [9.17, 15) is 62.6 Å². The van der Waals surface area contributed by atoms with Crippen LogP contribution in [0.25, 0.3) is 0 Å². The molecule has 4 atom stereocenters. The van der Waals surface area contributed by atoms with Gasteiger partial charge in [0.1, 0.15) is 68.6 Å². The molecule has 3 aromatic rings. The largest absolute Gasteiger partial charge is 0.488 e. The number of likely N-dealkylation sites (tertiary alicyclic amines) is 2. The number of carbonyl (C=O) groups excluding carboxylic acids is 6. The Hall–Kier alpha value is -9.52. The molecule has 2 saturated heterocycles. The molecule has 1 unspecified atom stereocenters. The number of hydrogen-bond acceptors (Lipinski definition) is 19. The van der Waals surface area contributed by atoms with Gasteiger partial charge in [0.15, 0.2) is 0 Å². The van der Waals surface area contributed by atoms with Crippen molar-refractivity contribution in [3.63, 3.8) is 0 Å². The third kappa shape index (κ3) is 47.2. The number of aliphatic carboxylic acids is 6. The number of halogens is 2. The summed E-state index contributed by atoms with van der Waals surface area (Å²) in [5.74, 6) is -6.34. The molecule has 0 saturated carbocycles. The fourth-order valence-corrected chi connectivity index (χ4v) is 8.59. The van der Waals surface area contributed by atoms with Crippen molar-refractivity contribution in [1.82, 2.24) is 31.1 Å². The predicted octanol–water partition coefficient (Wildman–Crippen LogP) is 13.1. The van der Waals surface area contributed by atoms with E-state index in [2.05, 4.69) is 21.3 Å². The first-order valence-corrected chi connectivity index (χ1v) is 35.2. The van der Waals surface area contributed by atoms with Crippen LogP contribution in [0.5, 0.6) is 5.75 Å². The molecular formula is C75H114Cl2N6O25. The molecule has 2 heterocycles. The number of carboxylic acids is 6. The maximum atomic E-state index is 11.8. The van der Waals surface area contributed by atoms with Gasteiger partial charge in [0.25, 0.3) is 0 Å². The van der Waals surface area contributed by atoms with Crippen LogP contribution in [0.3, 0.4) is 0 Å². The Morgan fingerprint density at radius 1 is 0.389 bits per heavy atom. The molecule has 5 rings (SSSR count). The molecule has 0 bridgehead atoms. The number of benzene rings is 3. The molecule has 6 amide bonds. The minimum absolute atomic E-state index is 0.157. The highest BCUT2D eigenvalue weighted by molar-refractivity contribution is 6.30. The summed E-state index contributed by atoms with van der Waals surface area (Å²) < 4.78 is 36.1. The Kier molecular flexibility index (Phi) is 39.1. The van der Waals surface area contributed by atoms with Crippen molar-refractivity contribution < 1.29 is 121 Å². The molecule has 0 radical (unpaired) electrons. The fourth-order valence-electron chi connectivity index (χ4n) is 8.34. The summed E-state index contributed by atoms with van der Waals surface area (Å²) in [4.78, 5) is 138. The van der Waals surface area contributed by atoms with Gasteiger partial charge in [-0.3, -0.25) is 9.59 Å². The number of piperidine rings is 1. The second-order valence-corrected chi connectivity index (χ2v) is 33.3. The molecule has 608 valence electrons. The number of nitrogens with one attached hydrogen (secondary N) is 4.